The van der Waals surface area contributed by atoms with Crippen molar-refractivity contribution < 1.29 is 32.7 Å². The van der Waals surface area contributed by atoms with Crippen LogP contribution in [0.15, 0.2) is 12.1 Å². The Balaban J connectivity index is 2.12. The second-order valence-corrected chi connectivity index (χ2v) is 6.24. The number of hydrogen-bond acceptors (Lipinski definition) is 3. The molecular formula is C16H17F3N2O4. The molecular weight excluding hydrogens is 341 g/mol. The monoisotopic (exact) mass is 358 g/mol. The largest absolute Gasteiger partial charge is 0.474 e. The predicted molar refractivity (Wildman–Crippen MR) is 81.0 cm³/mol. The van der Waals surface area contributed by atoms with Gasteiger partial charge in [-0.1, -0.05) is 13.8 Å². The van der Waals surface area contributed by atoms with E-state index in [2.05, 4.69) is 5.32 Å². The number of carbonyl (C=O) groups excluding carboxylic acids is 2. The fraction of sp³-hybridized carbons (Fsp3) is 0.438. The van der Waals surface area contributed by atoms with E-state index in [0.29, 0.717) is 12.1 Å². The van der Waals surface area contributed by atoms with Crippen LogP contribution in [0.3, 0.4) is 0 Å². The molecule has 136 valence electrons. The summed E-state index contributed by atoms with van der Waals surface area (Å²) in [5.41, 5.74) is -0.218. The molecule has 2 rings (SSSR count). The zero-order valence-corrected chi connectivity index (χ0v) is 13.6. The van der Waals surface area contributed by atoms with Crippen LogP contribution < -0.4 is 5.32 Å². The summed E-state index contributed by atoms with van der Waals surface area (Å²) < 4.78 is 39.4. The molecule has 0 saturated carbocycles. The number of hydrogen-bond donors (Lipinski definition) is 2. The van der Waals surface area contributed by atoms with E-state index in [1.165, 1.54) is 0 Å². The third-order valence-corrected chi connectivity index (χ3v) is 4.27. The summed E-state index contributed by atoms with van der Waals surface area (Å²) in [6.45, 7) is 3.49. The van der Waals surface area contributed by atoms with Crippen LogP contribution in [0.5, 0.6) is 0 Å². The molecule has 25 heavy (non-hydrogen) atoms. The molecule has 6 nitrogen and oxygen atoms in total. The molecule has 1 aliphatic rings. The van der Waals surface area contributed by atoms with Crippen molar-refractivity contribution in [3.63, 3.8) is 0 Å². The maximum absolute atomic E-state index is 13.2. The van der Waals surface area contributed by atoms with Crippen molar-refractivity contribution in [2.45, 2.75) is 13.8 Å². The molecule has 0 aromatic heterocycles. The van der Waals surface area contributed by atoms with Crippen molar-refractivity contribution in [2.24, 2.45) is 17.8 Å². The van der Waals surface area contributed by atoms with Gasteiger partial charge in [0.1, 0.15) is 0 Å². The zero-order valence-electron chi connectivity index (χ0n) is 13.6. The molecule has 3 atom stereocenters. The van der Waals surface area contributed by atoms with Crippen molar-refractivity contribution in [3.05, 3.63) is 29.6 Å². The van der Waals surface area contributed by atoms with E-state index in [0.717, 1.165) is 4.90 Å². The Bertz CT molecular complexity index is 690. The second kappa shape index (κ2) is 7.12. The highest BCUT2D eigenvalue weighted by Crippen LogP contribution is 2.30. The third kappa shape index (κ3) is 3.92. The number of amides is 2. The number of carboxylic acids is 1. The first-order valence-electron chi connectivity index (χ1n) is 7.59. The number of aliphatic carboxylic acids is 1. The average molecular weight is 358 g/mol. The molecule has 0 bridgehead atoms. The molecule has 1 aliphatic heterocycles. The Morgan fingerprint density at radius 1 is 1.08 bits per heavy atom. The summed E-state index contributed by atoms with van der Waals surface area (Å²) >= 11 is 0. The number of benzene rings is 1. The minimum atomic E-state index is -1.62. The van der Waals surface area contributed by atoms with E-state index in [-0.39, 0.29) is 30.6 Å². The van der Waals surface area contributed by atoms with Gasteiger partial charge in [-0.3, -0.25) is 9.59 Å². The van der Waals surface area contributed by atoms with E-state index >= 15 is 0 Å². The van der Waals surface area contributed by atoms with Crippen molar-refractivity contribution in [1.29, 1.82) is 0 Å². The maximum Gasteiger partial charge on any atom is 0.394 e. The van der Waals surface area contributed by atoms with Gasteiger partial charge in [-0.15, -0.1) is 0 Å². The van der Waals surface area contributed by atoms with E-state index < -0.39 is 41.2 Å². The molecule has 0 spiro atoms. The number of nitrogens with zero attached hydrogens (tertiary/aromatic N) is 1. The second-order valence-electron chi connectivity index (χ2n) is 6.24. The zero-order chi connectivity index (χ0) is 18.9. The summed E-state index contributed by atoms with van der Waals surface area (Å²) in [7, 11) is 0. The number of piperidine rings is 1. The van der Waals surface area contributed by atoms with Gasteiger partial charge < -0.3 is 15.3 Å². The molecule has 0 radical (unpaired) electrons. The molecule has 9 heteroatoms. The number of anilines is 1. The summed E-state index contributed by atoms with van der Waals surface area (Å²) in [5, 5.41) is 11.1. The Hall–Kier alpha value is -2.58. The van der Waals surface area contributed by atoms with Crippen molar-refractivity contribution in [2.75, 3.05) is 18.4 Å². The Morgan fingerprint density at radius 2 is 1.56 bits per heavy atom. The maximum atomic E-state index is 13.2. The minimum Gasteiger partial charge on any atom is -0.474 e. The average Bonchev–Trinajstić information content (AvgIpc) is 2.50. The summed E-state index contributed by atoms with van der Waals surface area (Å²) in [6, 6.07) is 1.35. The number of rotatable bonds is 2. The van der Waals surface area contributed by atoms with Gasteiger partial charge in [0.15, 0.2) is 17.5 Å². The molecule has 0 aliphatic carbocycles. The van der Waals surface area contributed by atoms with Crippen molar-refractivity contribution in [1.82, 2.24) is 4.90 Å². The molecule has 1 aromatic carbocycles. The van der Waals surface area contributed by atoms with Gasteiger partial charge in [0.05, 0.1) is 0 Å². The number of halogens is 3. The van der Waals surface area contributed by atoms with E-state index in [9.17, 15) is 27.6 Å². The molecule has 1 aromatic rings. The highest BCUT2D eigenvalue weighted by atomic mass is 19.2. The lowest BCUT2D eigenvalue weighted by atomic mass is 9.78. The Morgan fingerprint density at radius 3 is 2.00 bits per heavy atom. The fourth-order valence-electron chi connectivity index (χ4n) is 3.23. The SMILES string of the molecule is CC1CN(C(=O)C(=O)O)C[C@@H](C)[C@@H]1C(=O)Nc1cc(F)c(F)c(F)c1. The van der Waals surface area contributed by atoms with Crippen LogP contribution in [0.1, 0.15) is 13.8 Å². The summed E-state index contributed by atoms with van der Waals surface area (Å²) in [4.78, 5) is 35.9. The number of carbonyl (C=O) groups is 3. The van der Waals surface area contributed by atoms with Crippen LogP contribution in [0.25, 0.3) is 0 Å². The Labute approximate surface area is 141 Å². The van der Waals surface area contributed by atoms with Gasteiger partial charge in [-0.2, -0.15) is 0 Å². The van der Waals surface area contributed by atoms with Gasteiger partial charge >= 0.3 is 11.9 Å². The number of nitrogens with one attached hydrogen (secondary N) is 1. The van der Waals surface area contributed by atoms with Crippen LogP contribution in [0.4, 0.5) is 18.9 Å². The third-order valence-electron chi connectivity index (χ3n) is 4.27. The summed E-state index contributed by atoms with van der Waals surface area (Å²) in [6.07, 6.45) is 0. The van der Waals surface area contributed by atoms with Gasteiger partial charge in [0.2, 0.25) is 5.91 Å². The highest BCUT2D eigenvalue weighted by Gasteiger charge is 2.39. The molecule has 2 N–H and O–H groups in total. The molecule has 1 saturated heterocycles. The Kier molecular flexibility index (Phi) is 5.34. The van der Waals surface area contributed by atoms with Crippen molar-refractivity contribution in [3.8, 4) is 0 Å². The van der Waals surface area contributed by atoms with Crippen LogP contribution >= 0.6 is 0 Å². The number of carboxylic acid groups (broad SMARTS) is 1. The van der Waals surface area contributed by atoms with Crippen LogP contribution in [-0.4, -0.2) is 40.9 Å². The first kappa shape index (κ1) is 18.8. The lowest BCUT2D eigenvalue weighted by Crippen LogP contribution is -2.52. The first-order chi connectivity index (χ1) is 11.6. The van der Waals surface area contributed by atoms with Crippen LogP contribution in [0.2, 0.25) is 0 Å². The first-order valence-corrected chi connectivity index (χ1v) is 7.59. The highest BCUT2D eigenvalue weighted by molar-refractivity contribution is 6.31. The van der Waals surface area contributed by atoms with Gasteiger partial charge in [0.25, 0.3) is 0 Å². The normalized spacial score (nSPS) is 23.2. The number of likely N-dealkylation sites (tertiary alicyclic amines) is 1. The van der Waals surface area contributed by atoms with Crippen molar-refractivity contribution >= 4 is 23.5 Å². The topological polar surface area (TPSA) is 86.7 Å². The smallest absolute Gasteiger partial charge is 0.394 e. The van der Waals surface area contributed by atoms with E-state index in [4.69, 9.17) is 5.11 Å². The standard InChI is InChI=1S/C16H17F3N2O4/c1-7-5-21(15(23)16(24)25)6-8(2)12(7)14(22)20-9-3-10(17)13(19)11(18)4-9/h3-4,7-8,12H,5-6H2,1-2H3,(H,20,22)(H,24,25)/t7-,8?,12+/m1/s1. The molecule has 1 fully saturated rings. The minimum absolute atomic E-state index is 0.0691. The lowest BCUT2D eigenvalue weighted by Gasteiger charge is -2.39. The van der Waals surface area contributed by atoms with Crippen LogP contribution in [-0.2, 0) is 14.4 Å². The summed E-state index contributed by atoms with van der Waals surface area (Å²) in [5.74, 6) is -8.96. The van der Waals surface area contributed by atoms with E-state index in [1.54, 1.807) is 13.8 Å². The molecule has 1 heterocycles. The quantitative estimate of drug-likeness (QED) is 0.624. The van der Waals surface area contributed by atoms with E-state index in [1.807, 2.05) is 0 Å². The predicted octanol–water partition coefficient (Wildman–Crippen LogP) is 1.86. The van der Waals surface area contributed by atoms with Gasteiger partial charge in [-0.25, -0.2) is 18.0 Å². The lowest BCUT2D eigenvalue weighted by molar-refractivity contribution is -0.158. The van der Waals surface area contributed by atoms with Gasteiger partial charge in [0, 0.05) is 36.8 Å². The van der Waals surface area contributed by atoms with Crippen LogP contribution in [0, 0.1) is 35.2 Å². The molecule has 2 amide bonds. The molecule has 1 unspecified atom stereocenters. The fourth-order valence-corrected chi connectivity index (χ4v) is 3.23. The van der Waals surface area contributed by atoms with Gasteiger partial charge in [-0.05, 0) is 11.8 Å².